The van der Waals surface area contributed by atoms with E-state index in [4.69, 9.17) is 4.74 Å². The Hall–Kier alpha value is -2.13. The number of nitrogens with one attached hydrogen (secondary N) is 1. The van der Waals surface area contributed by atoms with E-state index in [0.717, 1.165) is 11.8 Å². The molecule has 2 atom stereocenters. The van der Waals surface area contributed by atoms with Crippen LogP contribution in [0, 0.1) is 0 Å². The summed E-state index contributed by atoms with van der Waals surface area (Å²) in [7, 11) is 0. The zero-order valence-corrected chi connectivity index (χ0v) is 15.3. The lowest BCUT2D eigenvalue weighted by molar-refractivity contribution is -0.404. The summed E-state index contributed by atoms with van der Waals surface area (Å²) in [5.41, 5.74) is 4.26. The van der Waals surface area contributed by atoms with Crippen molar-refractivity contribution in [3.8, 4) is 0 Å². The van der Waals surface area contributed by atoms with E-state index in [1.807, 2.05) is 0 Å². The van der Waals surface area contributed by atoms with Gasteiger partial charge in [-0.1, -0.05) is 24.9 Å². The number of rotatable bonds is 11. The Kier molecular flexibility index (Phi) is 10.5. The van der Waals surface area contributed by atoms with Crippen LogP contribution in [0.4, 0.5) is 0 Å². The van der Waals surface area contributed by atoms with Crippen molar-refractivity contribution in [2.75, 3.05) is 12.4 Å². The topological polar surface area (TPSA) is 140 Å². The first-order valence-corrected chi connectivity index (χ1v) is 8.54. The quantitative estimate of drug-likeness (QED) is 0.334. The lowest BCUT2D eigenvalue weighted by atomic mass is 10.1. The number of hydrogen-bond acceptors (Lipinski definition) is 7. The molecule has 0 unspecified atom stereocenters. The highest BCUT2D eigenvalue weighted by atomic mass is 32.2. The molecule has 4 N–H and O–H groups in total. The molecule has 0 aliphatic carbocycles. The highest BCUT2D eigenvalue weighted by Gasteiger charge is 2.22. The highest BCUT2D eigenvalue weighted by molar-refractivity contribution is 8.14. The molecular formula is C16H24N2O6S. The number of esters is 1. The number of carboxylic acids is 1. The maximum Gasteiger partial charge on any atom is 0.333 e. The second-order valence-electron chi connectivity index (χ2n) is 5.49. The van der Waals surface area contributed by atoms with Crippen molar-refractivity contribution in [2.24, 2.45) is 0 Å². The molecule has 0 radical (unpaired) electrons. The lowest BCUT2D eigenvalue weighted by Gasteiger charge is -2.20. The number of carbonyl (C=O) groups excluding carboxylic acids is 4. The average molecular weight is 372 g/mol. The van der Waals surface area contributed by atoms with E-state index >= 15 is 0 Å². The molecule has 0 rings (SSSR count). The lowest BCUT2D eigenvalue weighted by Crippen LogP contribution is -2.69. The van der Waals surface area contributed by atoms with Gasteiger partial charge in [-0.15, -0.1) is 0 Å². The van der Waals surface area contributed by atoms with Crippen LogP contribution in [-0.4, -0.2) is 47.4 Å². The van der Waals surface area contributed by atoms with Gasteiger partial charge < -0.3 is 25.7 Å². The van der Waals surface area contributed by atoms with E-state index in [1.165, 1.54) is 6.92 Å². The molecule has 0 saturated heterocycles. The van der Waals surface area contributed by atoms with Crippen LogP contribution < -0.4 is 16.2 Å². The van der Waals surface area contributed by atoms with Crippen LogP contribution in [0.25, 0.3) is 0 Å². The fraction of sp³-hybridized carbons (Fsp3) is 0.500. The van der Waals surface area contributed by atoms with Gasteiger partial charge in [-0.25, -0.2) is 4.79 Å². The van der Waals surface area contributed by atoms with Crippen LogP contribution in [0.5, 0.6) is 0 Å². The first-order chi connectivity index (χ1) is 11.6. The van der Waals surface area contributed by atoms with Crippen molar-refractivity contribution in [1.29, 1.82) is 0 Å². The standard InChI is InChI=1S/C16H24N2O6S/c1-9(2)15(22)24-7-5-12(14(20)21)18-13(19)11(17)6-8-25-16(23)10(3)4/h11-12H,1,3,5-8,17H2,2,4H3,(H,18,19)(H,20,21)/t11-,12-/m0/s1. The van der Waals surface area contributed by atoms with Gasteiger partial charge in [0.05, 0.1) is 18.6 Å². The fourth-order valence-corrected chi connectivity index (χ4v) is 2.31. The van der Waals surface area contributed by atoms with Gasteiger partial charge in [-0.2, -0.15) is 0 Å². The number of carboxylic acid groups (broad SMARTS) is 1. The minimum Gasteiger partial charge on any atom is -0.548 e. The molecule has 0 aromatic carbocycles. The van der Waals surface area contributed by atoms with Crippen molar-refractivity contribution >= 4 is 34.7 Å². The number of hydrogen-bond donors (Lipinski definition) is 2. The van der Waals surface area contributed by atoms with Crippen molar-refractivity contribution in [1.82, 2.24) is 5.32 Å². The predicted molar refractivity (Wildman–Crippen MR) is 90.9 cm³/mol. The first-order valence-electron chi connectivity index (χ1n) is 7.55. The van der Waals surface area contributed by atoms with Gasteiger partial charge in [-0.3, -0.25) is 9.59 Å². The number of ether oxygens (including phenoxy) is 1. The van der Waals surface area contributed by atoms with Crippen LogP contribution in [0.3, 0.4) is 0 Å². The third-order valence-electron chi connectivity index (χ3n) is 3.01. The molecule has 25 heavy (non-hydrogen) atoms. The van der Waals surface area contributed by atoms with Gasteiger partial charge in [0.1, 0.15) is 0 Å². The Labute approximate surface area is 150 Å². The Morgan fingerprint density at radius 2 is 1.76 bits per heavy atom. The summed E-state index contributed by atoms with van der Waals surface area (Å²) in [5, 5.41) is 13.2. The zero-order chi connectivity index (χ0) is 19.6. The zero-order valence-electron chi connectivity index (χ0n) is 14.5. The summed E-state index contributed by atoms with van der Waals surface area (Å²) in [4.78, 5) is 45.7. The van der Waals surface area contributed by atoms with Gasteiger partial charge in [-0.05, 0) is 19.4 Å². The van der Waals surface area contributed by atoms with Gasteiger partial charge in [0.2, 0.25) is 5.12 Å². The smallest absolute Gasteiger partial charge is 0.333 e. The van der Waals surface area contributed by atoms with Crippen molar-refractivity contribution < 1.29 is 34.8 Å². The Morgan fingerprint density at radius 3 is 2.24 bits per heavy atom. The van der Waals surface area contributed by atoms with E-state index in [2.05, 4.69) is 24.2 Å². The molecule has 0 aromatic heterocycles. The maximum absolute atomic E-state index is 12.0. The van der Waals surface area contributed by atoms with Crippen molar-refractivity contribution in [3.63, 3.8) is 0 Å². The number of carbonyl (C=O) groups is 4. The van der Waals surface area contributed by atoms with Gasteiger partial charge in [0.15, 0.2) is 6.04 Å². The molecule has 1 amide bonds. The van der Waals surface area contributed by atoms with Crippen LogP contribution in [0.15, 0.2) is 24.3 Å². The Bertz CT molecular complexity index is 561. The molecule has 140 valence electrons. The molecule has 8 nitrogen and oxygen atoms in total. The highest BCUT2D eigenvalue weighted by Crippen LogP contribution is 2.10. The minimum absolute atomic E-state index is 0.136. The average Bonchev–Trinajstić information content (AvgIpc) is 2.52. The number of quaternary nitrogens is 1. The molecule has 0 aromatic rings. The Balaban J connectivity index is 4.36. The summed E-state index contributed by atoms with van der Waals surface area (Å²) in [6, 6.07) is -2.04. The minimum atomic E-state index is -1.49. The van der Waals surface area contributed by atoms with Gasteiger partial charge in [0.25, 0.3) is 5.91 Å². The summed E-state index contributed by atoms with van der Waals surface area (Å²) < 4.78 is 4.79. The summed E-state index contributed by atoms with van der Waals surface area (Å²) in [5.74, 6) is -2.35. The molecule has 0 aliphatic rings. The predicted octanol–water partition coefficient (Wildman–Crippen LogP) is -1.43. The SMILES string of the molecule is C=C(C)C(=O)OCC[C@H](NC(=O)[C@@H]([NH3+])CCSC(=O)C(=C)C)C(=O)[O-]. The summed E-state index contributed by atoms with van der Waals surface area (Å²) in [6.45, 7) is 9.77. The van der Waals surface area contributed by atoms with E-state index < -0.39 is 29.9 Å². The number of aliphatic carboxylic acids is 1. The van der Waals surface area contributed by atoms with Crippen LogP contribution >= 0.6 is 11.8 Å². The van der Waals surface area contributed by atoms with Crippen LogP contribution in [0.2, 0.25) is 0 Å². The second kappa shape index (κ2) is 11.4. The molecule has 0 heterocycles. The summed E-state index contributed by atoms with van der Waals surface area (Å²) in [6.07, 6.45) is 0.155. The first kappa shape index (κ1) is 22.9. The second-order valence-corrected chi connectivity index (χ2v) is 6.55. The summed E-state index contributed by atoms with van der Waals surface area (Å²) >= 11 is 1.02. The normalized spacial score (nSPS) is 12.6. The third kappa shape index (κ3) is 9.68. The van der Waals surface area contributed by atoms with Crippen LogP contribution in [0.1, 0.15) is 26.7 Å². The van der Waals surface area contributed by atoms with E-state index in [1.54, 1.807) is 6.92 Å². The molecular weight excluding hydrogens is 348 g/mol. The number of thioether (sulfide) groups is 1. The molecule has 0 bridgehead atoms. The largest absolute Gasteiger partial charge is 0.548 e. The molecule has 0 aliphatic heterocycles. The fourth-order valence-electron chi connectivity index (χ4n) is 1.48. The molecule has 0 fully saturated rings. The van der Waals surface area contributed by atoms with Gasteiger partial charge >= 0.3 is 5.97 Å². The van der Waals surface area contributed by atoms with E-state index in [-0.39, 0.29) is 23.7 Å². The molecule has 9 heteroatoms. The molecule has 0 saturated carbocycles. The van der Waals surface area contributed by atoms with Gasteiger partial charge in [0, 0.05) is 24.2 Å². The molecule has 0 spiro atoms. The van der Waals surface area contributed by atoms with E-state index in [0.29, 0.717) is 17.7 Å². The maximum atomic E-state index is 12.0. The van der Waals surface area contributed by atoms with Crippen molar-refractivity contribution in [3.05, 3.63) is 24.3 Å². The van der Waals surface area contributed by atoms with E-state index in [9.17, 15) is 24.3 Å². The van der Waals surface area contributed by atoms with Crippen LogP contribution in [-0.2, 0) is 23.9 Å². The van der Waals surface area contributed by atoms with Crippen molar-refractivity contribution in [2.45, 2.75) is 38.8 Å². The Morgan fingerprint density at radius 1 is 1.16 bits per heavy atom. The third-order valence-corrected chi connectivity index (χ3v) is 4.06. The monoisotopic (exact) mass is 372 g/mol. The number of amides is 1.